The summed E-state index contributed by atoms with van der Waals surface area (Å²) in [6.07, 6.45) is 1.72. The second-order valence-electron chi connectivity index (χ2n) is 5.89. The molecular weight excluding hydrogens is 316 g/mol. The number of thioether (sulfide) groups is 1. The highest BCUT2D eigenvalue weighted by Gasteiger charge is 2.12. The lowest BCUT2D eigenvalue weighted by Gasteiger charge is -2.10. The Balaban J connectivity index is 1.87. The molecule has 2 aromatic carbocycles. The summed E-state index contributed by atoms with van der Waals surface area (Å²) in [7, 11) is 0. The molecule has 0 aliphatic heterocycles. The summed E-state index contributed by atoms with van der Waals surface area (Å²) in [6.45, 7) is 8.17. The monoisotopic (exact) mass is 340 g/mol. The van der Waals surface area contributed by atoms with Crippen LogP contribution in [-0.4, -0.2) is 17.4 Å². The van der Waals surface area contributed by atoms with Crippen molar-refractivity contribution in [2.45, 2.75) is 38.7 Å². The van der Waals surface area contributed by atoms with Gasteiger partial charge in [0.2, 0.25) is 0 Å². The molecule has 2 aromatic rings. The fourth-order valence-electron chi connectivity index (χ4n) is 2.24. The van der Waals surface area contributed by atoms with E-state index in [9.17, 15) is 4.79 Å². The number of carbonyl (C=O) groups is 1. The number of carbonyl (C=O) groups excluding carboxylic acids is 1. The van der Waals surface area contributed by atoms with Crippen molar-refractivity contribution in [2.24, 2.45) is 5.10 Å². The quantitative estimate of drug-likeness (QED) is 0.626. The Labute approximate surface area is 148 Å². The molecule has 0 heterocycles. The largest absolute Gasteiger partial charge is 0.272 e. The zero-order valence-electron chi connectivity index (χ0n) is 14.7. The second kappa shape index (κ2) is 8.69. The molecule has 0 saturated heterocycles. The number of benzene rings is 2. The summed E-state index contributed by atoms with van der Waals surface area (Å²) in [6, 6.07) is 14.3. The van der Waals surface area contributed by atoms with Crippen molar-refractivity contribution in [1.29, 1.82) is 0 Å². The third kappa shape index (κ3) is 4.96. The van der Waals surface area contributed by atoms with Crippen molar-refractivity contribution < 1.29 is 4.79 Å². The minimum Gasteiger partial charge on any atom is -0.272 e. The van der Waals surface area contributed by atoms with Gasteiger partial charge in [0.05, 0.1) is 11.5 Å². The number of rotatable bonds is 6. The summed E-state index contributed by atoms with van der Waals surface area (Å²) in [5.74, 6) is 0.740. The lowest BCUT2D eigenvalue weighted by atomic mass is 10.00. The first kappa shape index (κ1) is 18.3. The number of hydrogen-bond donors (Lipinski definition) is 1. The first-order valence-electron chi connectivity index (χ1n) is 8.04. The minimum atomic E-state index is -0.150. The summed E-state index contributed by atoms with van der Waals surface area (Å²) >= 11 is 1.61. The molecular formula is C20H24N2OS. The predicted octanol–water partition coefficient (Wildman–Crippen LogP) is 4.38. The van der Waals surface area contributed by atoms with Gasteiger partial charge in [0.1, 0.15) is 0 Å². The van der Waals surface area contributed by atoms with Crippen LogP contribution in [-0.2, 0) is 10.5 Å². The molecule has 0 radical (unpaired) electrons. The standard InChI is InChI=1S/C20H24N2OS/c1-14-10-11-19(16(3)15(14)2)12-21-22-20(23)17(4)24-13-18-8-6-5-7-9-18/h5-12,17H,13H2,1-4H3,(H,22,23). The van der Waals surface area contributed by atoms with Gasteiger partial charge in [-0.2, -0.15) is 5.10 Å². The molecule has 1 amide bonds. The van der Waals surface area contributed by atoms with E-state index in [-0.39, 0.29) is 11.2 Å². The molecule has 3 nitrogen and oxygen atoms in total. The Morgan fingerprint density at radius 1 is 1.12 bits per heavy atom. The molecule has 0 saturated carbocycles. The van der Waals surface area contributed by atoms with Crippen LogP contribution in [0.4, 0.5) is 0 Å². The lowest BCUT2D eigenvalue weighted by Crippen LogP contribution is -2.27. The Morgan fingerprint density at radius 3 is 2.54 bits per heavy atom. The molecule has 0 bridgehead atoms. The Bertz CT molecular complexity index is 726. The van der Waals surface area contributed by atoms with Crippen LogP contribution in [0.3, 0.4) is 0 Å². The van der Waals surface area contributed by atoms with Crippen LogP contribution in [0.2, 0.25) is 0 Å². The summed E-state index contributed by atoms with van der Waals surface area (Å²) < 4.78 is 0. The number of hydrogen-bond acceptors (Lipinski definition) is 3. The number of amides is 1. The van der Waals surface area contributed by atoms with Gasteiger partial charge in [0.25, 0.3) is 5.91 Å². The van der Waals surface area contributed by atoms with Crippen LogP contribution < -0.4 is 5.43 Å². The highest BCUT2D eigenvalue weighted by atomic mass is 32.2. The predicted molar refractivity (Wildman–Crippen MR) is 104 cm³/mol. The second-order valence-corrected chi connectivity index (χ2v) is 7.22. The van der Waals surface area contributed by atoms with E-state index in [2.05, 4.69) is 49.5 Å². The van der Waals surface area contributed by atoms with Crippen molar-refractivity contribution >= 4 is 23.9 Å². The molecule has 24 heavy (non-hydrogen) atoms. The smallest absolute Gasteiger partial charge is 0.252 e. The Kier molecular flexibility index (Phi) is 6.62. The zero-order valence-corrected chi connectivity index (χ0v) is 15.5. The molecule has 1 unspecified atom stereocenters. The van der Waals surface area contributed by atoms with Crippen molar-refractivity contribution in [3.05, 3.63) is 70.3 Å². The van der Waals surface area contributed by atoms with Crippen molar-refractivity contribution in [1.82, 2.24) is 5.43 Å². The van der Waals surface area contributed by atoms with Crippen LogP contribution >= 0.6 is 11.8 Å². The number of hydrazone groups is 1. The van der Waals surface area contributed by atoms with E-state index in [0.29, 0.717) is 0 Å². The van der Waals surface area contributed by atoms with E-state index < -0.39 is 0 Å². The van der Waals surface area contributed by atoms with E-state index in [0.717, 1.165) is 11.3 Å². The van der Waals surface area contributed by atoms with Gasteiger partial charge in [0.15, 0.2) is 0 Å². The summed E-state index contributed by atoms with van der Waals surface area (Å²) in [4.78, 5) is 12.1. The highest BCUT2D eigenvalue weighted by molar-refractivity contribution is 7.99. The number of nitrogens with one attached hydrogen (secondary N) is 1. The van der Waals surface area contributed by atoms with Gasteiger partial charge in [-0.1, -0.05) is 42.5 Å². The van der Waals surface area contributed by atoms with Gasteiger partial charge in [-0.15, -0.1) is 11.8 Å². The third-order valence-electron chi connectivity index (χ3n) is 4.19. The van der Waals surface area contributed by atoms with Gasteiger partial charge in [-0.25, -0.2) is 5.43 Å². The topological polar surface area (TPSA) is 41.5 Å². The Morgan fingerprint density at radius 2 is 1.83 bits per heavy atom. The summed E-state index contributed by atoms with van der Waals surface area (Å²) in [5.41, 5.74) is 8.61. The van der Waals surface area contributed by atoms with Crippen LogP contribution in [0.1, 0.15) is 34.7 Å². The average Bonchev–Trinajstić information content (AvgIpc) is 2.60. The molecule has 126 valence electrons. The summed E-state index contributed by atoms with van der Waals surface area (Å²) in [5, 5.41) is 3.96. The first-order valence-corrected chi connectivity index (χ1v) is 9.09. The Hall–Kier alpha value is -2.07. The zero-order chi connectivity index (χ0) is 17.5. The fraction of sp³-hybridized carbons (Fsp3) is 0.300. The van der Waals surface area contributed by atoms with Crippen LogP contribution in [0.25, 0.3) is 0 Å². The minimum absolute atomic E-state index is 0.0753. The molecule has 0 aromatic heterocycles. The van der Waals surface area contributed by atoms with E-state index in [1.54, 1.807) is 18.0 Å². The fourth-order valence-corrected chi connectivity index (χ4v) is 3.08. The molecule has 0 spiro atoms. The first-order chi connectivity index (χ1) is 11.5. The molecule has 4 heteroatoms. The van der Waals surface area contributed by atoms with Gasteiger partial charge in [-0.3, -0.25) is 4.79 Å². The van der Waals surface area contributed by atoms with E-state index in [4.69, 9.17) is 0 Å². The van der Waals surface area contributed by atoms with Crippen molar-refractivity contribution in [3.63, 3.8) is 0 Å². The van der Waals surface area contributed by atoms with Crippen LogP contribution in [0.5, 0.6) is 0 Å². The van der Waals surface area contributed by atoms with Gasteiger partial charge >= 0.3 is 0 Å². The maximum Gasteiger partial charge on any atom is 0.252 e. The molecule has 2 rings (SSSR count). The normalized spacial score (nSPS) is 12.3. The molecule has 0 aliphatic rings. The van der Waals surface area contributed by atoms with E-state index in [1.165, 1.54) is 22.3 Å². The third-order valence-corrected chi connectivity index (χ3v) is 5.40. The molecule has 0 fully saturated rings. The SMILES string of the molecule is Cc1ccc(C=NNC(=O)C(C)SCc2ccccc2)c(C)c1C. The van der Waals surface area contributed by atoms with Gasteiger partial charge in [0, 0.05) is 5.75 Å². The van der Waals surface area contributed by atoms with Crippen LogP contribution in [0, 0.1) is 20.8 Å². The average molecular weight is 340 g/mol. The lowest BCUT2D eigenvalue weighted by molar-refractivity contribution is -0.120. The van der Waals surface area contributed by atoms with E-state index in [1.807, 2.05) is 31.2 Å². The number of aryl methyl sites for hydroxylation is 1. The van der Waals surface area contributed by atoms with Gasteiger partial charge in [-0.05, 0) is 55.5 Å². The van der Waals surface area contributed by atoms with Gasteiger partial charge < -0.3 is 0 Å². The van der Waals surface area contributed by atoms with Crippen molar-refractivity contribution in [3.8, 4) is 0 Å². The molecule has 1 atom stereocenters. The van der Waals surface area contributed by atoms with Crippen LogP contribution in [0.15, 0.2) is 47.6 Å². The number of nitrogens with zero attached hydrogens (tertiary/aromatic N) is 1. The highest BCUT2D eigenvalue weighted by Crippen LogP contribution is 2.18. The maximum atomic E-state index is 12.1. The molecule has 0 aliphatic carbocycles. The maximum absolute atomic E-state index is 12.1. The van der Waals surface area contributed by atoms with Crippen molar-refractivity contribution in [2.75, 3.05) is 0 Å². The van der Waals surface area contributed by atoms with E-state index >= 15 is 0 Å². The molecule has 1 N–H and O–H groups in total.